The summed E-state index contributed by atoms with van der Waals surface area (Å²) in [7, 11) is 0. The summed E-state index contributed by atoms with van der Waals surface area (Å²) in [6.07, 6.45) is 2.10. The Kier molecular flexibility index (Phi) is 4.98. The van der Waals surface area contributed by atoms with Crippen molar-refractivity contribution in [3.05, 3.63) is 46.3 Å². The number of amides is 2. The van der Waals surface area contributed by atoms with Crippen molar-refractivity contribution in [3.63, 3.8) is 0 Å². The first kappa shape index (κ1) is 16.0. The van der Waals surface area contributed by atoms with Gasteiger partial charge in [0.05, 0.1) is 11.4 Å². The van der Waals surface area contributed by atoms with Gasteiger partial charge < -0.3 is 10.2 Å². The maximum Gasteiger partial charge on any atom is 0.261 e. The van der Waals surface area contributed by atoms with Crippen LogP contribution >= 0.6 is 22.9 Å². The van der Waals surface area contributed by atoms with Gasteiger partial charge in [0.1, 0.15) is 0 Å². The molecule has 0 atom stereocenters. The Morgan fingerprint density at radius 3 is 2.48 bits per heavy atom. The molecule has 120 valence electrons. The Labute approximate surface area is 144 Å². The summed E-state index contributed by atoms with van der Waals surface area (Å²) in [5.74, 6) is -0.215. The van der Waals surface area contributed by atoms with E-state index in [2.05, 4.69) is 5.32 Å². The summed E-state index contributed by atoms with van der Waals surface area (Å²) in [6.45, 7) is 1.66. The van der Waals surface area contributed by atoms with Crippen molar-refractivity contribution in [3.8, 4) is 10.4 Å². The first-order valence-electron chi connectivity index (χ1n) is 7.55. The van der Waals surface area contributed by atoms with E-state index >= 15 is 0 Å². The first-order valence-corrected chi connectivity index (χ1v) is 8.75. The zero-order valence-electron chi connectivity index (χ0n) is 12.5. The van der Waals surface area contributed by atoms with E-state index in [4.69, 9.17) is 11.6 Å². The summed E-state index contributed by atoms with van der Waals surface area (Å²) in [4.78, 5) is 27.5. The highest BCUT2D eigenvalue weighted by atomic mass is 35.5. The number of carbonyl (C=O) groups is 2. The fraction of sp³-hybridized carbons (Fsp3) is 0.294. The van der Waals surface area contributed by atoms with Crippen molar-refractivity contribution in [2.75, 3.05) is 19.6 Å². The molecular weight excluding hydrogens is 332 g/mol. The Morgan fingerprint density at radius 2 is 1.78 bits per heavy atom. The number of carbonyl (C=O) groups excluding carboxylic acids is 2. The van der Waals surface area contributed by atoms with Gasteiger partial charge in [0.15, 0.2) is 0 Å². The number of nitrogens with one attached hydrogen (secondary N) is 1. The van der Waals surface area contributed by atoms with Gasteiger partial charge in [0, 0.05) is 23.0 Å². The molecule has 1 N–H and O–H groups in total. The number of rotatable bonds is 4. The smallest absolute Gasteiger partial charge is 0.261 e. The van der Waals surface area contributed by atoms with Crippen LogP contribution in [0.5, 0.6) is 0 Å². The van der Waals surface area contributed by atoms with Gasteiger partial charge in [0.25, 0.3) is 5.91 Å². The second-order valence-electron chi connectivity index (χ2n) is 5.44. The van der Waals surface area contributed by atoms with Crippen LogP contribution in [0.2, 0.25) is 5.02 Å². The molecule has 1 aliphatic heterocycles. The second kappa shape index (κ2) is 7.15. The summed E-state index contributed by atoms with van der Waals surface area (Å²) < 4.78 is 0. The third kappa shape index (κ3) is 3.92. The average Bonchev–Trinajstić information content (AvgIpc) is 3.24. The second-order valence-corrected chi connectivity index (χ2v) is 6.96. The number of hydrogen-bond acceptors (Lipinski definition) is 3. The molecule has 3 rings (SSSR count). The topological polar surface area (TPSA) is 49.4 Å². The van der Waals surface area contributed by atoms with Crippen LogP contribution in [-0.2, 0) is 4.79 Å². The van der Waals surface area contributed by atoms with Crippen LogP contribution < -0.4 is 5.32 Å². The predicted molar refractivity (Wildman–Crippen MR) is 92.9 cm³/mol. The molecule has 0 saturated carbocycles. The van der Waals surface area contributed by atoms with Crippen molar-refractivity contribution < 1.29 is 9.59 Å². The standard InChI is InChI=1S/C17H17ClN2O2S/c18-13-5-3-12(4-6-13)14-7-8-15(23-14)17(22)19-11-16(21)20-9-1-2-10-20/h3-8H,1-2,9-11H2,(H,19,22). The average molecular weight is 349 g/mol. The highest BCUT2D eigenvalue weighted by Gasteiger charge is 2.19. The minimum atomic E-state index is -0.206. The molecule has 1 saturated heterocycles. The summed E-state index contributed by atoms with van der Waals surface area (Å²) in [5.41, 5.74) is 1.02. The highest BCUT2D eigenvalue weighted by molar-refractivity contribution is 7.17. The Hall–Kier alpha value is -1.85. The van der Waals surface area contributed by atoms with Gasteiger partial charge in [-0.15, -0.1) is 11.3 Å². The fourth-order valence-corrected chi connectivity index (χ4v) is 3.60. The van der Waals surface area contributed by atoms with Gasteiger partial charge >= 0.3 is 0 Å². The number of hydrogen-bond donors (Lipinski definition) is 1. The van der Waals surface area contributed by atoms with Crippen molar-refractivity contribution in [1.82, 2.24) is 10.2 Å². The molecule has 0 radical (unpaired) electrons. The summed E-state index contributed by atoms with van der Waals surface area (Å²) in [6, 6.07) is 11.2. The molecule has 0 bridgehead atoms. The third-order valence-corrected chi connectivity index (χ3v) is 5.20. The van der Waals surface area contributed by atoms with Crippen LogP contribution in [0.25, 0.3) is 10.4 Å². The van der Waals surface area contributed by atoms with E-state index in [1.807, 2.05) is 30.3 Å². The van der Waals surface area contributed by atoms with Crippen molar-refractivity contribution in [2.45, 2.75) is 12.8 Å². The zero-order chi connectivity index (χ0) is 16.2. The number of nitrogens with zero attached hydrogens (tertiary/aromatic N) is 1. The van der Waals surface area contributed by atoms with Crippen LogP contribution in [0.1, 0.15) is 22.5 Å². The number of benzene rings is 1. The lowest BCUT2D eigenvalue weighted by Gasteiger charge is -2.15. The lowest BCUT2D eigenvalue weighted by Crippen LogP contribution is -2.38. The van der Waals surface area contributed by atoms with E-state index in [0.29, 0.717) is 9.90 Å². The zero-order valence-corrected chi connectivity index (χ0v) is 14.1. The molecule has 4 nitrogen and oxygen atoms in total. The van der Waals surface area contributed by atoms with E-state index in [9.17, 15) is 9.59 Å². The maximum atomic E-state index is 12.2. The molecule has 0 unspecified atom stereocenters. The Balaban J connectivity index is 1.59. The lowest BCUT2D eigenvalue weighted by atomic mass is 10.2. The minimum Gasteiger partial charge on any atom is -0.342 e. The molecule has 2 heterocycles. The van der Waals surface area contributed by atoms with E-state index < -0.39 is 0 Å². The highest BCUT2D eigenvalue weighted by Crippen LogP contribution is 2.28. The van der Waals surface area contributed by atoms with E-state index in [-0.39, 0.29) is 18.4 Å². The number of halogens is 1. The van der Waals surface area contributed by atoms with Crippen LogP contribution in [0.4, 0.5) is 0 Å². The van der Waals surface area contributed by atoms with Crippen LogP contribution in [0.15, 0.2) is 36.4 Å². The van der Waals surface area contributed by atoms with Gasteiger partial charge in [-0.1, -0.05) is 23.7 Å². The number of thiophene rings is 1. The van der Waals surface area contributed by atoms with Crippen LogP contribution in [0, 0.1) is 0 Å². The SMILES string of the molecule is O=C(NCC(=O)N1CCCC1)c1ccc(-c2ccc(Cl)cc2)s1. The normalized spacial score (nSPS) is 14.0. The van der Waals surface area contributed by atoms with Gasteiger partial charge in [-0.2, -0.15) is 0 Å². The van der Waals surface area contributed by atoms with Gasteiger partial charge in [-0.25, -0.2) is 0 Å². The molecule has 1 aromatic heterocycles. The molecular formula is C17H17ClN2O2S. The Bertz CT molecular complexity index is 706. The third-order valence-electron chi connectivity index (χ3n) is 3.82. The molecule has 1 aromatic carbocycles. The summed E-state index contributed by atoms with van der Waals surface area (Å²) >= 11 is 7.29. The fourth-order valence-electron chi connectivity index (χ4n) is 2.55. The Morgan fingerprint density at radius 1 is 1.09 bits per heavy atom. The van der Waals surface area contributed by atoms with Crippen molar-refractivity contribution >= 4 is 34.8 Å². The van der Waals surface area contributed by atoms with E-state index in [0.717, 1.165) is 36.4 Å². The van der Waals surface area contributed by atoms with Crippen LogP contribution in [0.3, 0.4) is 0 Å². The molecule has 0 aliphatic carbocycles. The molecule has 1 fully saturated rings. The molecule has 2 amide bonds. The van der Waals surface area contributed by atoms with Crippen molar-refractivity contribution in [2.24, 2.45) is 0 Å². The van der Waals surface area contributed by atoms with Gasteiger partial charge in [-0.3, -0.25) is 9.59 Å². The largest absolute Gasteiger partial charge is 0.342 e. The van der Waals surface area contributed by atoms with Crippen molar-refractivity contribution in [1.29, 1.82) is 0 Å². The van der Waals surface area contributed by atoms with E-state index in [1.54, 1.807) is 11.0 Å². The molecule has 0 spiro atoms. The summed E-state index contributed by atoms with van der Waals surface area (Å²) in [5, 5.41) is 3.39. The first-order chi connectivity index (χ1) is 11.1. The monoisotopic (exact) mass is 348 g/mol. The van der Waals surface area contributed by atoms with Crippen LogP contribution in [-0.4, -0.2) is 36.3 Å². The predicted octanol–water partition coefficient (Wildman–Crippen LogP) is 3.42. The maximum absolute atomic E-state index is 12.2. The lowest BCUT2D eigenvalue weighted by molar-refractivity contribution is -0.129. The molecule has 1 aliphatic rings. The molecule has 2 aromatic rings. The van der Waals surface area contributed by atoms with Gasteiger partial charge in [0.2, 0.25) is 5.91 Å². The molecule has 6 heteroatoms. The van der Waals surface area contributed by atoms with E-state index in [1.165, 1.54) is 11.3 Å². The minimum absolute atomic E-state index is 0.00895. The van der Waals surface area contributed by atoms with Gasteiger partial charge in [-0.05, 0) is 42.7 Å². The number of likely N-dealkylation sites (tertiary alicyclic amines) is 1. The molecule has 23 heavy (non-hydrogen) atoms. The quantitative estimate of drug-likeness (QED) is 0.920.